The van der Waals surface area contributed by atoms with Gasteiger partial charge in [0.05, 0.1) is 11.1 Å². The summed E-state index contributed by atoms with van der Waals surface area (Å²) in [5.74, 6) is -0.0922. The van der Waals surface area contributed by atoms with Crippen molar-refractivity contribution in [2.24, 2.45) is 5.92 Å². The lowest BCUT2D eigenvalue weighted by Crippen LogP contribution is -2.32. The summed E-state index contributed by atoms with van der Waals surface area (Å²) in [5, 5.41) is 13.1. The van der Waals surface area contributed by atoms with Crippen molar-refractivity contribution in [3.63, 3.8) is 0 Å². The van der Waals surface area contributed by atoms with E-state index >= 15 is 0 Å². The highest BCUT2D eigenvalue weighted by Crippen LogP contribution is 2.18. The smallest absolute Gasteiger partial charge is 0.146 e. The molecule has 2 nitrogen and oxygen atoms in total. The fourth-order valence-corrected chi connectivity index (χ4v) is 2.23. The van der Waals surface area contributed by atoms with Crippen molar-refractivity contribution in [2.75, 3.05) is 6.54 Å². The van der Waals surface area contributed by atoms with Crippen LogP contribution in [0.5, 0.6) is 0 Å². The average molecular weight is 274 g/mol. The van der Waals surface area contributed by atoms with E-state index in [1.165, 1.54) is 6.07 Å². The number of aliphatic hydroxyl groups excluding tert-OH is 1. The fraction of sp³-hybridized carbons (Fsp3) is 0.571. The maximum atomic E-state index is 13.6. The van der Waals surface area contributed by atoms with Gasteiger partial charge in [0.25, 0.3) is 0 Å². The van der Waals surface area contributed by atoms with E-state index in [1.807, 2.05) is 0 Å². The fourth-order valence-electron chi connectivity index (χ4n) is 2.04. The van der Waals surface area contributed by atoms with Gasteiger partial charge >= 0.3 is 0 Å². The largest absolute Gasteiger partial charge is 0.392 e. The van der Waals surface area contributed by atoms with E-state index in [9.17, 15) is 9.50 Å². The molecule has 0 bridgehead atoms. The Morgan fingerprint density at radius 3 is 2.61 bits per heavy atom. The van der Waals surface area contributed by atoms with Gasteiger partial charge in [-0.2, -0.15) is 0 Å². The van der Waals surface area contributed by atoms with Crippen LogP contribution in [0.15, 0.2) is 18.2 Å². The standard InChI is InChI=1S/C14H21ClFNO/c1-3-10(4-2)13(18)9-17-8-11-6-5-7-12(15)14(11)16/h5-7,10,13,17-18H,3-4,8-9H2,1-2H3. The predicted octanol–water partition coefficient (Wildman–Crippen LogP) is 3.37. The van der Waals surface area contributed by atoms with E-state index in [0.717, 1.165) is 12.8 Å². The highest BCUT2D eigenvalue weighted by molar-refractivity contribution is 6.30. The number of nitrogens with one attached hydrogen (secondary N) is 1. The molecule has 0 aliphatic rings. The lowest BCUT2D eigenvalue weighted by atomic mass is 9.96. The minimum absolute atomic E-state index is 0.134. The first kappa shape index (κ1) is 15.4. The zero-order valence-corrected chi connectivity index (χ0v) is 11.7. The Morgan fingerprint density at radius 2 is 2.00 bits per heavy atom. The number of halogens is 2. The number of benzene rings is 1. The van der Waals surface area contributed by atoms with Crippen LogP contribution >= 0.6 is 11.6 Å². The third kappa shape index (κ3) is 4.23. The Morgan fingerprint density at radius 1 is 1.33 bits per heavy atom. The lowest BCUT2D eigenvalue weighted by molar-refractivity contribution is 0.101. The second kappa shape index (κ2) is 7.72. The Balaban J connectivity index is 2.44. The minimum atomic E-state index is -0.387. The molecule has 1 unspecified atom stereocenters. The summed E-state index contributed by atoms with van der Waals surface area (Å²) >= 11 is 5.70. The number of hydrogen-bond acceptors (Lipinski definition) is 2. The average Bonchev–Trinajstić information content (AvgIpc) is 2.36. The molecule has 1 rings (SSSR count). The Kier molecular flexibility index (Phi) is 6.61. The first-order valence-corrected chi connectivity index (χ1v) is 6.79. The van der Waals surface area contributed by atoms with E-state index in [1.54, 1.807) is 12.1 Å². The molecule has 2 N–H and O–H groups in total. The van der Waals surface area contributed by atoms with Crippen molar-refractivity contribution in [2.45, 2.75) is 39.3 Å². The molecule has 0 fully saturated rings. The Labute approximate surface area is 113 Å². The van der Waals surface area contributed by atoms with E-state index < -0.39 is 0 Å². The van der Waals surface area contributed by atoms with Crippen molar-refractivity contribution < 1.29 is 9.50 Å². The molecule has 1 aromatic rings. The van der Waals surface area contributed by atoms with Gasteiger partial charge in [0.2, 0.25) is 0 Å². The van der Waals surface area contributed by atoms with Gasteiger partial charge in [-0.15, -0.1) is 0 Å². The molecular formula is C14H21ClFNO. The van der Waals surface area contributed by atoms with Gasteiger partial charge in [0.15, 0.2) is 0 Å². The van der Waals surface area contributed by atoms with Crippen molar-refractivity contribution in [3.8, 4) is 0 Å². The number of hydrogen-bond donors (Lipinski definition) is 2. The second-order valence-corrected chi connectivity index (χ2v) is 4.89. The molecule has 0 amide bonds. The molecule has 0 radical (unpaired) electrons. The van der Waals surface area contributed by atoms with Crippen LogP contribution in [-0.2, 0) is 6.54 Å². The topological polar surface area (TPSA) is 32.3 Å². The molecular weight excluding hydrogens is 253 g/mol. The molecule has 1 atom stereocenters. The van der Waals surface area contributed by atoms with E-state index in [2.05, 4.69) is 19.2 Å². The monoisotopic (exact) mass is 273 g/mol. The summed E-state index contributed by atoms with van der Waals surface area (Å²) in [7, 11) is 0. The van der Waals surface area contributed by atoms with Gasteiger partial charge in [0.1, 0.15) is 5.82 Å². The Bertz CT molecular complexity index is 369. The molecule has 0 spiro atoms. The van der Waals surface area contributed by atoms with Gasteiger partial charge in [-0.25, -0.2) is 4.39 Å². The molecule has 1 aromatic carbocycles. The van der Waals surface area contributed by atoms with Crippen LogP contribution in [0, 0.1) is 11.7 Å². The van der Waals surface area contributed by atoms with Crippen molar-refractivity contribution in [3.05, 3.63) is 34.6 Å². The van der Waals surface area contributed by atoms with Gasteiger partial charge in [0, 0.05) is 18.7 Å². The molecule has 102 valence electrons. The third-order valence-corrected chi connectivity index (χ3v) is 3.59. The van der Waals surface area contributed by atoms with Gasteiger partial charge < -0.3 is 10.4 Å². The van der Waals surface area contributed by atoms with Crippen LogP contribution in [0.1, 0.15) is 32.3 Å². The van der Waals surface area contributed by atoms with Gasteiger partial charge in [-0.05, 0) is 12.0 Å². The SMILES string of the molecule is CCC(CC)C(O)CNCc1cccc(Cl)c1F. The van der Waals surface area contributed by atoms with E-state index in [4.69, 9.17) is 11.6 Å². The zero-order valence-electron chi connectivity index (χ0n) is 10.9. The minimum Gasteiger partial charge on any atom is -0.392 e. The second-order valence-electron chi connectivity index (χ2n) is 4.49. The van der Waals surface area contributed by atoms with Gasteiger partial charge in [-0.3, -0.25) is 0 Å². The van der Waals surface area contributed by atoms with Crippen molar-refractivity contribution in [1.82, 2.24) is 5.32 Å². The normalized spacial score (nSPS) is 13.0. The number of rotatable bonds is 7. The molecule has 0 heterocycles. The molecule has 0 saturated carbocycles. The van der Waals surface area contributed by atoms with E-state index in [-0.39, 0.29) is 16.9 Å². The van der Waals surface area contributed by atoms with E-state index in [0.29, 0.717) is 24.6 Å². The maximum Gasteiger partial charge on any atom is 0.146 e. The van der Waals surface area contributed by atoms with Crippen LogP contribution < -0.4 is 5.32 Å². The summed E-state index contributed by atoms with van der Waals surface area (Å²) in [6.07, 6.45) is 1.51. The first-order valence-electron chi connectivity index (χ1n) is 6.41. The van der Waals surface area contributed by atoms with Crippen LogP contribution in [-0.4, -0.2) is 17.8 Å². The highest BCUT2D eigenvalue weighted by atomic mass is 35.5. The molecule has 4 heteroatoms. The number of aliphatic hydroxyl groups is 1. The van der Waals surface area contributed by atoms with Crippen LogP contribution in [0.4, 0.5) is 4.39 Å². The third-order valence-electron chi connectivity index (χ3n) is 3.29. The summed E-state index contributed by atoms with van der Waals surface area (Å²) in [6, 6.07) is 4.94. The van der Waals surface area contributed by atoms with Crippen molar-refractivity contribution in [1.29, 1.82) is 0 Å². The maximum absolute atomic E-state index is 13.6. The van der Waals surface area contributed by atoms with Crippen molar-refractivity contribution >= 4 is 11.6 Å². The molecule has 0 aliphatic heterocycles. The lowest BCUT2D eigenvalue weighted by Gasteiger charge is -2.20. The highest BCUT2D eigenvalue weighted by Gasteiger charge is 2.15. The Hall–Kier alpha value is -0.640. The van der Waals surface area contributed by atoms with Crippen LogP contribution in [0.25, 0.3) is 0 Å². The van der Waals surface area contributed by atoms with Crippen LogP contribution in [0.2, 0.25) is 5.02 Å². The molecule has 0 saturated heterocycles. The summed E-state index contributed by atoms with van der Waals surface area (Å²) in [6.45, 7) is 4.98. The van der Waals surface area contributed by atoms with Gasteiger partial charge in [-0.1, -0.05) is 50.4 Å². The quantitative estimate of drug-likeness (QED) is 0.798. The summed E-state index contributed by atoms with van der Waals surface area (Å²) in [4.78, 5) is 0. The molecule has 18 heavy (non-hydrogen) atoms. The molecule has 0 aromatic heterocycles. The predicted molar refractivity (Wildman–Crippen MR) is 73.2 cm³/mol. The summed E-state index contributed by atoms with van der Waals surface area (Å²) in [5.41, 5.74) is 0.527. The van der Waals surface area contributed by atoms with Crippen LogP contribution in [0.3, 0.4) is 0 Å². The zero-order chi connectivity index (χ0) is 13.5. The first-order chi connectivity index (χ1) is 8.60. The summed E-state index contributed by atoms with van der Waals surface area (Å²) < 4.78 is 13.6. The molecule has 0 aliphatic carbocycles.